The number of fused-ring (bicyclic) bond motifs is 1. The summed E-state index contributed by atoms with van der Waals surface area (Å²) in [5, 5.41) is 36.7. The van der Waals surface area contributed by atoms with E-state index in [1.807, 2.05) is 30.3 Å². The molecule has 1 aliphatic heterocycles. The number of aromatic nitrogens is 3. The number of carbonyl (C=O) groups excluding carboxylic acids is 1. The molecule has 5 unspecified atom stereocenters. The second-order valence-corrected chi connectivity index (χ2v) is 13.0. The van der Waals surface area contributed by atoms with Gasteiger partial charge in [-0.05, 0) is 19.4 Å². The predicted octanol–water partition coefficient (Wildman–Crippen LogP) is 1.48. The standard InChI is InChI=1S/C25H35N6O7PS/c1-25(2,13-32)24(35)40-9-8-37-39(36,30-10-15-6-4-3-5-7-15)38-12-17-21(33)22(34)19(31-17)16-11-27-20-18(16)28-14-29-23(20)26/h3-7,11,14,17,19,21-22,27,31-34H,8-10,12-13H2,1-2H3,(H,30,36)(H2,26,28,29). The van der Waals surface area contributed by atoms with Crippen LogP contribution in [0, 0.1) is 5.41 Å². The summed E-state index contributed by atoms with van der Waals surface area (Å²) in [4.78, 5) is 23.5. The summed E-state index contributed by atoms with van der Waals surface area (Å²) in [5.41, 5.74) is 7.46. The first-order valence-corrected chi connectivity index (χ1v) is 15.2. The molecule has 1 aromatic carbocycles. The second-order valence-electron chi connectivity index (χ2n) is 10.1. The number of nitrogens with zero attached hydrogens (tertiary/aromatic N) is 2. The summed E-state index contributed by atoms with van der Waals surface area (Å²) < 4.78 is 25.0. The lowest BCUT2D eigenvalue weighted by Gasteiger charge is -2.23. The van der Waals surface area contributed by atoms with Crippen molar-refractivity contribution < 1.29 is 33.7 Å². The van der Waals surface area contributed by atoms with Crippen LogP contribution >= 0.6 is 19.5 Å². The van der Waals surface area contributed by atoms with Crippen molar-refractivity contribution in [2.45, 2.75) is 44.7 Å². The third-order valence-corrected chi connectivity index (χ3v) is 9.37. The molecule has 3 aromatic rings. The fourth-order valence-electron chi connectivity index (χ4n) is 4.14. The van der Waals surface area contributed by atoms with E-state index in [9.17, 15) is 24.7 Å². The second kappa shape index (κ2) is 13.1. The minimum absolute atomic E-state index is 0.0701. The van der Waals surface area contributed by atoms with Gasteiger partial charge < -0.3 is 31.4 Å². The molecule has 1 fully saturated rings. The maximum atomic E-state index is 13.7. The lowest BCUT2D eigenvalue weighted by molar-refractivity contribution is -0.119. The van der Waals surface area contributed by atoms with E-state index in [0.717, 1.165) is 17.3 Å². The quantitative estimate of drug-likeness (QED) is 0.111. The summed E-state index contributed by atoms with van der Waals surface area (Å²) in [6.07, 6.45) is 0.499. The SMILES string of the molecule is CC(C)(CO)C(=O)SCCOP(=O)(NCc1ccccc1)OCC1NC(c2c[nH]c3c(N)ncnc23)C(O)C1O. The van der Waals surface area contributed by atoms with Gasteiger partial charge >= 0.3 is 7.75 Å². The third-order valence-electron chi connectivity index (χ3n) is 6.62. The van der Waals surface area contributed by atoms with Gasteiger partial charge in [0, 0.05) is 24.1 Å². The van der Waals surface area contributed by atoms with E-state index in [-0.39, 0.29) is 43.1 Å². The Morgan fingerprint density at radius 3 is 2.67 bits per heavy atom. The Kier molecular flexibility index (Phi) is 9.98. The Bertz CT molecular complexity index is 1340. The Labute approximate surface area is 235 Å². The Hall–Kier alpha value is -2.39. The molecule has 0 amide bonds. The number of rotatable bonds is 13. The van der Waals surface area contributed by atoms with Crippen LogP contribution in [0.1, 0.15) is 31.0 Å². The molecule has 0 aliphatic carbocycles. The number of carbonyl (C=O) groups is 1. The third kappa shape index (κ3) is 7.08. The molecule has 13 nitrogen and oxygen atoms in total. The summed E-state index contributed by atoms with van der Waals surface area (Å²) in [6.45, 7) is 2.85. The summed E-state index contributed by atoms with van der Waals surface area (Å²) >= 11 is 0.972. The average molecular weight is 595 g/mol. The zero-order valence-electron chi connectivity index (χ0n) is 22.2. The molecule has 5 atom stereocenters. The molecule has 0 radical (unpaired) electrons. The highest BCUT2D eigenvalue weighted by Crippen LogP contribution is 2.45. The monoisotopic (exact) mass is 594 g/mol. The number of aliphatic hydroxyl groups excluding tert-OH is 3. The smallest absolute Gasteiger partial charge is 0.395 e. The molecule has 0 bridgehead atoms. The van der Waals surface area contributed by atoms with Crippen LogP contribution in [0.25, 0.3) is 11.0 Å². The fraction of sp³-hybridized carbons (Fsp3) is 0.480. The number of benzene rings is 1. The highest BCUT2D eigenvalue weighted by Gasteiger charge is 2.44. The molecule has 40 heavy (non-hydrogen) atoms. The Morgan fingerprint density at radius 1 is 1.20 bits per heavy atom. The van der Waals surface area contributed by atoms with Crippen LogP contribution in [0.15, 0.2) is 42.9 Å². The van der Waals surface area contributed by atoms with Gasteiger partial charge in [0.15, 0.2) is 10.9 Å². The van der Waals surface area contributed by atoms with Crippen molar-refractivity contribution in [1.82, 2.24) is 25.4 Å². The van der Waals surface area contributed by atoms with Gasteiger partial charge in [-0.1, -0.05) is 42.1 Å². The lowest BCUT2D eigenvalue weighted by atomic mass is 9.97. The van der Waals surface area contributed by atoms with Gasteiger partial charge in [0.25, 0.3) is 0 Å². The Balaban J connectivity index is 1.41. The summed E-state index contributed by atoms with van der Waals surface area (Å²) in [6, 6.07) is 7.76. The van der Waals surface area contributed by atoms with Crippen molar-refractivity contribution in [3.05, 3.63) is 54.0 Å². The molecule has 8 N–H and O–H groups in total. The van der Waals surface area contributed by atoms with Gasteiger partial charge in [-0.25, -0.2) is 19.6 Å². The first kappa shape index (κ1) is 30.6. The molecule has 4 rings (SSSR count). The molecule has 15 heteroatoms. The van der Waals surface area contributed by atoms with E-state index in [0.29, 0.717) is 16.6 Å². The van der Waals surface area contributed by atoms with Crippen molar-refractivity contribution >= 4 is 41.5 Å². The van der Waals surface area contributed by atoms with Crippen LogP contribution in [0.5, 0.6) is 0 Å². The van der Waals surface area contributed by atoms with Crippen LogP contribution in [-0.4, -0.2) is 79.2 Å². The average Bonchev–Trinajstić information content (AvgIpc) is 3.51. The fourth-order valence-corrected chi connectivity index (χ4v) is 6.39. The van der Waals surface area contributed by atoms with Crippen LogP contribution < -0.4 is 16.1 Å². The number of nitrogen functional groups attached to an aromatic ring is 1. The van der Waals surface area contributed by atoms with E-state index in [4.69, 9.17) is 14.8 Å². The van der Waals surface area contributed by atoms with Gasteiger partial charge in [-0.15, -0.1) is 0 Å². The molecule has 1 saturated heterocycles. The topological polar surface area (TPSA) is 205 Å². The lowest BCUT2D eigenvalue weighted by Crippen LogP contribution is -2.37. The zero-order chi connectivity index (χ0) is 28.9. The molecular weight excluding hydrogens is 559 g/mol. The van der Waals surface area contributed by atoms with E-state index in [1.54, 1.807) is 20.0 Å². The molecule has 0 spiro atoms. The van der Waals surface area contributed by atoms with Crippen molar-refractivity contribution in [3.8, 4) is 0 Å². The molecule has 3 heterocycles. The van der Waals surface area contributed by atoms with Crippen LogP contribution in [0.3, 0.4) is 0 Å². The maximum Gasteiger partial charge on any atom is 0.405 e. The summed E-state index contributed by atoms with van der Waals surface area (Å²) in [7, 11) is -3.92. The number of hydrogen-bond acceptors (Lipinski definition) is 12. The molecule has 1 aliphatic rings. The zero-order valence-corrected chi connectivity index (χ0v) is 23.9. The number of thioether (sulfide) groups is 1. The van der Waals surface area contributed by atoms with Gasteiger partial charge in [0.1, 0.15) is 17.9 Å². The van der Waals surface area contributed by atoms with E-state index in [2.05, 4.69) is 25.4 Å². The molecule has 2 aromatic heterocycles. The van der Waals surface area contributed by atoms with Crippen molar-refractivity contribution in [2.24, 2.45) is 5.41 Å². The maximum absolute atomic E-state index is 13.7. The molecule has 0 saturated carbocycles. The van der Waals surface area contributed by atoms with Crippen molar-refractivity contribution in [3.63, 3.8) is 0 Å². The highest BCUT2D eigenvalue weighted by molar-refractivity contribution is 8.13. The van der Waals surface area contributed by atoms with Crippen LogP contribution in [-0.2, 0) is 25.0 Å². The van der Waals surface area contributed by atoms with E-state index < -0.39 is 37.5 Å². The number of H-pyrrole nitrogens is 1. The van der Waals surface area contributed by atoms with Gasteiger partial charge in [-0.2, -0.15) is 0 Å². The largest absolute Gasteiger partial charge is 0.405 e. The minimum atomic E-state index is -3.92. The van der Waals surface area contributed by atoms with Crippen molar-refractivity contribution in [2.75, 3.05) is 31.3 Å². The predicted molar refractivity (Wildman–Crippen MR) is 151 cm³/mol. The van der Waals surface area contributed by atoms with E-state index in [1.165, 1.54) is 6.33 Å². The number of aromatic amines is 1. The Morgan fingerprint density at radius 2 is 1.95 bits per heavy atom. The number of hydrogen-bond donors (Lipinski definition) is 7. The highest BCUT2D eigenvalue weighted by atomic mass is 32.2. The van der Waals surface area contributed by atoms with Crippen LogP contribution in [0.4, 0.5) is 5.82 Å². The normalized spacial score (nSPS) is 22.9. The number of nitrogens with one attached hydrogen (secondary N) is 3. The van der Waals surface area contributed by atoms with Crippen molar-refractivity contribution in [1.29, 1.82) is 0 Å². The minimum Gasteiger partial charge on any atom is -0.395 e. The first-order chi connectivity index (χ1) is 19.0. The summed E-state index contributed by atoms with van der Waals surface area (Å²) in [5.74, 6) is 0.450. The number of anilines is 1. The van der Waals surface area contributed by atoms with Gasteiger partial charge in [0.05, 0.1) is 48.9 Å². The first-order valence-electron chi connectivity index (χ1n) is 12.7. The van der Waals surface area contributed by atoms with Gasteiger partial charge in [0.2, 0.25) is 0 Å². The van der Waals surface area contributed by atoms with Crippen LogP contribution in [0.2, 0.25) is 0 Å². The molecule has 218 valence electrons. The number of aliphatic hydroxyl groups is 3. The number of nitrogens with two attached hydrogens (primary N) is 1. The molecular formula is C25H35N6O7PS. The van der Waals surface area contributed by atoms with Gasteiger partial charge in [-0.3, -0.25) is 13.8 Å². The van der Waals surface area contributed by atoms with E-state index >= 15 is 0 Å².